The zero-order chi connectivity index (χ0) is 25.7. The maximum absolute atomic E-state index is 11.7. The molecular formula is C19H33N3O12. The predicted molar refractivity (Wildman–Crippen MR) is 111 cm³/mol. The van der Waals surface area contributed by atoms with Crippen molar-refractivity contribution >= 4 is 24.8 Å². The number of aliphatic hydroxyl groups excluding tert-OH is 2. The van der Waals surface area contributed by atoms with Crippen LogP contribution in [-0.4, -0.2) is 111 Å². The molecule has 0 saturated carbocycles. The van der Waals surface area contributed by atoms with Crippen LogP contribution in [0.1, 0.15) is 20.8 Å². The van der Waals surface area contributed by atoms with Gasteiger partial charge in [0, 0.05) is 14.0 Å². The Bertz CT molecular complexity index is 654. The van der Waals surface area contributed by atoms with Crippen LogP contribution in [0.15, 0.2) is 0 Å². The molecule has 34 heavy (non-hydrogen) atoms. The van der Waals surface area contributed by atoms with E-state index in [9.17, 15) is 29.4 Å². The van der Waals surface area contributed by atoms with Gasteiger partial charge in [-0.25, -0.2) is 10.2 Å². The second-order valence-corrected chi connectivity index (χ2v) is 7.11. The summed E-state index contributed by atoms with van der Waals surface area (Å²) in [7, 11) is 1.18. The summed E-state index contributed by atoms with van der Waals surface area (Å²) in [5.74, 6) is -0.439. The third-order valence-electron chi connectivity index (χ3n) is 4.71. The lowest BCUT2D eigenvalue weighted by Crippen LogP contribution is -2.65. The van der Waals surface area contributed by atoms with Crippen molar-refractivity contribution in [3.8, 4) is 0 Å². The minimum absolute atomic E-state index is 0.0365. The number of aliphatic hydroxyl groups is 2. The van der Waals surface area contributed by atoms with Gasteiger partial charge in [-0.15, -0.1) is 0 Å². The number of amides is 2. The van der Waals surface area contributed by atoms with Crippen molar-refractivity contribution in [2.45, 2.75) is 69.9 Å². The number of methoxy groups -OCH3 is 1. The lowest BCUT2D eigenvalue weighted by Gasteiger charge is -2.44. The number of nitrogens with one attached hydrogen (secondary N) is 3. The zero-order valence-electron chi connectivity index (χ0n) is 19.4. The molecule has 1 rings (SSSR count). The van der Waals surface area contributed by atoms with E-state index in [1.807, 2.05) is 0 Å². The first-order valence-corrected chi connectivity index (χ1v) is 10.5. The quantitative estimate of drug-likeness (QED) is 0.0895. The van der Waals surface area contributed by atoms with E-state index in [0.717, 1.165) is 0 Å². The molecule has 2 amide bonds. The van der Waals surface area contributed by atoms with E-state index < -0.39 is 67.7 Å². The molecule has 1 aliphatic heterocycles. The Morgan fingerprint density at radius 1 is 1.26 bits per heavy atom. The van der Waals surface area contributed by atoms with E-state index in [4.69, 9.17) is 28.4 Å². The van der Waals surface area contributed by atoms with Crippen LogP contribution >= 0.6 is 0 Å². The van der Waals surface area contributed by atoms with Crippen molar-refractivity contribution in [1.82, 2.24) is 16.2 Å². The Labute approximate surface area is 196 Å². The summed E-state index contributed by atoms with van der Waals surface area (Å²) in [6.45, 7) is 3.77. The first-order chi connectivity index (χ1) is 16.2. The molecule has 1 saturated heterocycles. The zero-order valence-corrected chi connectivity index (χ0v) is 19.4. The van der Waals surface area contributed by atoms with Gasteiger partial charge in [-0.2, -0.15) is 0 Å². The highest BCUT2D eigenvalue weighted by Crippen LogP contribution is 2.25. The second-order valence-electron chi connectivity index (χ2n) is 7.11. The van der Waals surface area contributed by atoms with Gasteiger partial charge in [-0.1, -0.05) is 0 Å². The maximum atomic E-state index is 11.7. The predicted octanol–water partition coefficient (Wildman–Crippen LogP) is -2.68. The first-order valence-electron chi connectivity index (χ1n) is 10.5. The average molecular weight is 495 g/mol. The van der Waals surface area contributed by atoms with E-state index in [2.05, 4.69) is 16.2 Å². The summed E-state index contributed by atoms with van der Waals surface area (Å²) in [5.41, 5.74) is 4.71. The molecule has 0 aromatic carbocycles. The number of ether oxygens (including phenoxy) is 6. The standard InChI is InChI=1S/C19H33N3O12/c1-5-30-19(28)22-20-6-14(34-18(31-9-25)13(8-24)29-4)33-17-15(21-11(3)26)10(2)32-12(7-23)16(17)27/h8-10,12-18,20,23,27H,5-7H2,1-4H3,(H,21,26)(H,22,28)/t10-,12?,13?,14+,15+,16-,17?,18?/m0/s1. The summed E-state index contributed by atoms with van der Waals surface area (Å²) in [5, 5.41) is 22.9. The summed E-state index contributed by atoms with van der Waals surface area (Å²) in [6, 6.07) is -0.880. The molecule has 15 nitrogen and oxygen atoms in total. The molecule has 15 heteroatoms. The number of hydrogen-bond donors (Lipinski definition) is 5. The fourth-order valence-corrected chi connectivity index (χ4v) is 3.18. The van der Waals surface area contributed by atoms with Crippen LogP contribution < -0.4 is 16.2 Å². The van der Waals surface area contributed by atoms with E-state index in [0.29, 0.717) is 6.29 Å². The summed E-state index contributed by atoms with van der Waals surface area (Å²) in [6.07, 6.45) is -9.09. The van der Waals surface area contributed by atoms with Crippen LogP contribution in [0.25, 0.3) is 0 Å². The molecule has 0 aromatic heterocycles. The molecule has 0 bridgehead atoms. The third-order valence-corrected chi connectivity index (χ3v) is 4.71. The van der Waals surface area contributed by atoms with Crippen molar-refractivity contribution < 1.29 is 57.8 Å². The van der Waals surface area contributed by atoms with Gasteiger partial charge in [0.05, 0.1) is 31.9 Å². The number of aldehydes is 1. The van der Waals surface area contributed by atoms with Gasteiger partial charge in [0.15, 0.2) is 18.7 Å². The van der Waals surface area contributed by atoms with Crippen molar-refractivity contribution in [2.24, 2.45) is 0 Å². The maximum Gasteiger partial charge on any atom is 0.421 e. The topological polar surface area (TPSA) is 200 Å². The van der Waals surface area contributed by atoms with Gasteiger partial charge in [0.2, 0.25) is 12.2 Å². The highest BCUT2D eigenvalue weighted by atomic mass is 16.8. The summed E-state index contributed by atoms with van der Waals surface area (Å²) >= 11 is 0. The first kappa shape index (κ1) is 29.6. The molecule has 8 atom stereocenters. The third kappa shape index (κ3) is 9.09. The van der Waals surface area contributed by atoms with Gasteiger partial charge >= 0.3 is 6.09 Å². The Balaban J connectivity index is 3.14. The molecule has 1 heterocycles. The van der Waals surface area contributed by atoms with Crippen molar-refractivity contribution in [1.29, 1.82) is 0 Å². The Kier molecular flexibility index (Phi) is 13.5. The number of hydrogen-bond acceptors (Lipinski definition) is 13. The van der Waals surface area contributed by atoms with E-state index in [-0.39, 0.29) is 19.6 Å². The van der Waals surface area contributed by atoms with Crippen molar-refractivity contribution in [3.63, 3.8) is 0 Å². The lowest BCUT2D eigenvalue weighted by atomic mass is 9.93. The molecule has 196 valence electrons. The average Bonchev–Trinajstić information content (AvgIpc) is 2.79. The molecule has 4 unspecified atom stereocenters. The van der Waals surface area contributed by atoms with Crippen LogP contribution in [-0.2, 0) is 42.8 Å². The van der Waals surface area contributed by atoms with E-state index >= 15 is 0 Å². The minimum Gasteiger partial charge on any atom is -0.449 e. The minimum atomic E-state index is -1.56. The number of hydrazine groups is 1. The fourth-order valence-electron chi connectivity index (χ4n) is 3.18. The van der Waals surface area contributed by atoms with Gasteiger partial charge in [-0.05, 0) is 13.8 Å². The number of carbonyl (C=O) groups is 4. The van der Waals surface area contributed by atoms with Crippen LogP contribution in [0.2, 0.25) is 0 Å². The molecular weight excluding hydrogens is 462 g/mol. The second kappa shape index (κ2) is 15.5. The SMILES string of the molecule is CCOC(=O)NNC[C@@H](OC(OC=O)C(C=O)OC)OC1[C@@H](O)C(CO)O[C@@H](C)[C@H]1NC(C)=O. The Morgan fingerprint density at radius 3 is 2.50 bits per heavy atom. The van der Waals surface area contributed by atoms with Gasteiger partial charge in [0.1, 0.15) is 18.3 Å². The number of carbonyl (C=O) groups excluding carboxylic acids is 4. The smallest absolute Gasteiger partial charge is 0.421 e. The highest BCUT2D eigenvalue weighted by molar-refractivity contribution is 5.73. The highest BCUT2D eigenvalue weighted by Gasteiger charge is 2.46. The fraction of sp³-hybridized carbons (Fsp3) is 0.789. The molecule has 0 radical (unpaired) electrons. The molecule has 1 fully saturated rings. The summed E-state index contributed by atoms with van der Waals surface area (Å²) < 4.78 is 31.4. The van der Waals surface area contributed by atoms with E-state index in [1.165, 1.54) is 14.0 Å². The molecule has 1 aliphatic rings. The summed E-state index contributed by atoms with van der Waals surface area (Å²) in [4.78, 5) is 45.5. The van der Waals surface area contributed by atoms with E-state index in [1.54, 1.807) is 13.8 Å². The molecule has 0 aromatic rings. The van der Waals surface area contributed by atoms with Crippen LogP contribution in [0.5, 0.6) is 0 Å². The van der Waals surface area contributed by atoms with Gasteiger partial charge in [-0.3, -0.25) is 15.0 Å². The number of rotatable bonds is 15. The normalized spacial score (nSPS) is 27.1. The Morgan fingerprint density at radius 2 is 1.97 bits per heavy atom. The van der Waals surface area contributed by atoms with Crippen LogP contribution in [0.4, 0.5) is 4.79 Å². The Hall–Kier alpha value is -2.40. The van der Waals surface area contributed by atoms with Crippen LogP contribution in [0, 0.1) is 0 Å². The van der Waals surface area contributed by atoms with Crippen LogP contribution in [0.3, 0.4) is 0 Å². The largest absolute Gasteiger partial charge is 0.449 e. The molecule has 5 N–H and O–H groups in total. The van der Waals surface area contributed by atoms with Gasteiger partial charge in [0.25, 0.3) is 6.47 Å². The van der Waals surface area contributed by atoms with Crippen molar-refractivity contribution in [2.75, 3.05) is 26.9 Å². The van der Waals surface area contributed by atoms with Crippen molar-refractivity contribution in [3.05, 3.63) is 0 Å². The monoisotopic (exact) mass is 495 g/mol. The lowest BCUT2D eigenvalue weighted by molar-refractivity contribution is -0.294. The molecule has 0 spiro atoms. The van der Waals surface area contributed by atoms with Gasteiger partial charge < -0.3 is 48.7 Å². The molecule has 0 aliphatic carbocycles.